The van der Waals surface area contributed by atoms with Crippen LogP contribution in [0.15, 0.2) is 29.4 Å². The monoisotopic (exact) mass is 430 g/mol. The van der Waals surface area contributed by atoms with E-state index in [1.54, 1.807) is 0 Å². The largest absolute Gasteiger partial charge is 0.388 e. The lowest BCUT2D eigenvalue weighted by Gasteiger charge is -2.36. The van der Waals surface area contributed by atoms with Crippen molar-refractivity contribution >= 4 is 35.6 Å². The molecule has 8 heteroatoms. The van der Waals surface area contributed by atoms with E-state index >= 15 is 0 Å². The second kappa shape index (κ2) is 7.91. The molecule has 0 aliphatic heterocycles. The molecule has 3 rings (SSSR count). The van der Waals surface area contributed by atoms with Gasteiger partial charge in [0, 0.05) is 19.3 Å². The van der Waals surface area contributed by atoms with Crippen LogP contribution in [0.25, 0.3) is 5.65 Å². The number of guanidine groups is 1. The van der Waals surface area contributed by atoms with Crippen LogP contribution < -0.4 is 10.6 Å². The van der Waals surface area contributed by atoms with Gasteiger partial charge < -0.3 is 15.7 Å². The van der Waals surface area contributed by atoms with E-state index in [0.717, 1.165) is 37.3 Å². The van der Waals surface area contributed by atoms with Gasteiger partial charge in [0.25, 0.3) is 0 Å². The number of halogens is 1. The maximum Gasteiger partial charge on any atom is 0.191 e. The summed E-state index contributed by atoms with van der Waals surface area (Å²) in [5.74, 6) is 1.48. The molecule has 0 aromatic carbocycles. The van der Waals surface area contributed by atoms with Gasteiger partial charge in [-0.05, 0) is 38.3 Å². The van der Waals surface area contributed by atoms with Crippen molar-refractivity contribution in [1.29, 1.82) is 0 Å². The molecule has 1 fully saturated rings. The highest BCUT2D eigenvalue weighted by Crippen LogP contribution is 2.30. The highest BCUT2D eigenvalue weighted by Gasteiger charge is 2.34. The molecule has 126 valence electrons. The van der Waals surface area contributed by atoms with E-state index in [2.05, 4.69) is 25.8 Å². The van der Waals surface area contributed by atoms with Gasteiger partial charge in [0.1, 0.15) is 6.54 Å². The average molecular weight is 430 g/mol. The van der Waals surface area contributed by atoms with Gasteiger partial charge in [-0.15, -0.1) is 34.2 Å². The topological polar surface area (TPSA) is 86.8 Å². The van der Waals surface area contributed by atoms with Gasteiger partial charge in [0.05, 0.1) is 5.60 Å². The lowest BCUT2D eigenvalue weighted by molar-refractivity contribution is -0.0279. The van der Waals surface area contributed by atoms with E-state index < -0.39 is 5.60 Å². The van der Waals surface area contributed by atoms with E-state index in [9.17, 15) is 5.11 Å². The molecule has 0 radical (unpaired) electrons. The number of nitrogens with zero attached hydrogens (tertiary/aromatic N) is 4. The number of hydrogen-bond acceptors (Lipinski definition) is 4. The van der Waals surface area contributed by atoms with Gasteiger partial charge in [0.15, 0.2) is 17.4 Å². The Labute approximate surface area is 152 Å². The molecule has 0 unspecified atom stereocenters. The van der Waals surface area contributed by atoms with Crippen molar-refractivity contribution in [1.82, 2.24) is 25.2 Å². The van der Waals surface area contributed by atoms with Crippen molar-refractivity contribution in [2.45, 2.75) is 38.3 Å². The molecule has 1 aliphatic carbocycles. The average Bonchev–Trinajstić information content (AvgIpc) is 2.91. The maximum absolute atomic E-state index is 10.1. The van der Waals surface area contributed by atoms with Crippen LogP contribution in [0.5, 0.6) is 0 Å². The van der Waals surface area contributed by atoms with E-state index in [-0.39, 0.29) is 24.0 Å². The summed E-state index contributed by atoms with van der Waals surface area (Å²) in [4.78, 5) is 4.53. The minimum Gasteiger partial charge on any atom is -0.388 e. The number of hydrogen-bond donors (Lipinski definition) is 3. The van der Waals surface area contributed by atoms with E-state index in [4.69, 9.17) is 0 Å². The number of aliphatic imine (C=N–C) groups is 1. The van der Waals surface area contributed by atoms with Crippen molar-refractivity contribution in [3.8, 4) is 0 Å². The highest BCUT2D eigenvalue weighted by atomic mass is 127. The van der Waals surface area contributed by atoms with Crippen LogP contribution in [0.1, 0.15) is 32.0 Å². The predicted octanol–water partition coefficient (Wildman–Crippen LogP) is 1.32. The quantitative estimate of drug-likeness (QED) is 0.379. The van der Waals surface area contributed by atoms with Gasteiger partial charge >= 0.3 is 0 Å². The number of fused-ring (bicyclic) bond motifs is 1. The van der Waals surface area contributed by atoms with Gasteiger partial charge in [-0.25, -0.2) is 4.99 Å². The fourth-order valence-electron chi connectivity index (χ4n) is 2.50. The van der Waals surface area contributed by atoms with Crippen molar-refractivity contribution in [3.05, 3.63) is 30.2 Å². The van der Waals surface area contributed by atoms with Crippen LogP contribution in [0.4, 0.5) is 0 Å². The minimum atomic E-state index is -0.572. The van der Waals surface area contributed by atoms with Crippen LogP contribution in [0.3, 0.4) is 0 Å². The van der Waals surface area contributed by atoms with Crippen molar-refractivity contribution in [3.63, 3.8) is 0 Å². The number of rotatable bonds is 5. The third-order valence-electron chi connectivity index (χ3n) is 3.98. The molecule has 7 nitrogen and oxygen atoms in total. The lowest BCUT2D eigenvalue weighted by atomic mass is 9.80. The van der Waals surface area contributed by atoms with Crippen molar-refractivity contribution in [2.24, 2.45) is 4.99 Å². The minimum absolute atomic E-state index is 0. The Morgan fingerprint density at radius 2 is 2.17 bits per heavy atom. The summed E-state index contributed by atoms with van der Waals surface area (Å²) in [5, 5.41) is 24.8. The van der Waals surface area contributed by atoms with Crippen LogP contribution in [-0.4, -0.2) is 44.4 Å². The molecule has 2 aromatic heterocycles. The summed E-state index contributed by atoms with van der Waals surface area (Å²) in [6, 6.07) is 5.79. The zero-order valence-electron chi connectivity index (χ0n) is 13.2. The Kier molecular flexibility index (Phi) is 6.17. The molecule has 0 atom stereocenters. The Hall–Kier alpha value is -1.42. The standard InChI is InChI=1S/C15H22N6O.HI/c1-2-16-14(18-11-15(22)7-5-8-15)17-10-13-20-19-12-6-3-4-9-21(12)13;/h3-4,6,9,22H,2,5,7-8,10-11H2,1H3,(H2,16,17,18);1H. The zero-order valence-corrected chi connectivity index (χ0v) is 15.5. The maximum atomic E-state index is 10.1. The second-order valence-electron chi connectivity index (χ2n) is 5.67. The van der Waals surface area contributed by atoms with Crippen LogP contribution in [0.2, 0.25) is 0 Å². The van der Waals surface area contributed by atoms with Gasteiger partial charge in [-0.2, -0.15) is 0 Å². The van der Waals surface area contributed by atoms with Crippen LogP contribution in [-0.2, 0) is 6.54 Å². The molecule has 2 heterocycles. The van der Waals surface area contributed by atoms with Crippen LogP contribution >= 0.6 is 24.0 Å². The van der Waals surface area contributed by atoms with Gasteiger partial charge in [-0.3, -0.25) is 4.40 Å². The van der Waals surface area contributed by atoms with E-state index in [1.165, 1.54) is 0 Å². The summed E-state index contributed by atoms with van der Waals surface area (Å²) < 4.78 is 1.92. The SMILES string of the molecule is CCNC(=NCc1nnc2ccccn12)NCC1(O)CCC1.I. The van der Waals surface area contributed by atoms with Crippen molar-refractivity contribution < 1.29 is 5.11 Å². The molecule has 0 spiro atoms. The first-order valence-electron chi connectivity index (χ1n) is 7.73. The normalized spacial score (nSPS) is 16.5. The molecule has 3 N–H and O–H groups in total. The molecular weight excluding hydrogens is 407 g/mol. The van der Waals surface area contributed by atoms with E-state index in [1.807, 2.05) is 35.7 Å². The summed E-state index contributed by atoms with van der Waals surface area (Å²) in [7, 11) is 0. The third-order valence-corrected chi connectivity index (χ3v) is 3.98. The molecule has 0 saturated heterocycles. The number of pyridine rings is 1. The Balaban J connectivity index is 0.00000192. The molecule has 1 saturated carbocycles. The first-order chi connectivity index (χ1) is 10.7. The molecule has 0 amide bonds. The fraction of sp³-hybridized carbons (Fsp3) is 0.533. The molecule has 0 bridgehead atoms. The summed E-state index contributed by atoms with van der Waals surface area (Å²) >= 11 is 0. The number of nitrogens with one attached hydrogen (secondary N) is 2. The summed E-state index contributed by atoms with van der Waals surface area (Å²) in [6.07, 6.45) is 4.73. The molecular formula is C15H23IN6O. The first-order valence-corrected chi connectivity index (χ1v) is 7.73. The smallest absolute Gasteiger partial charge is 0.191 e. The summed E-state index contributed by atoms with van der Waals surface area (Å²) in [6.45, 7) is 3.74. The van der Waals surface area contributed by atoms with E-state index in [0.29, 0.717) is 19.0 Å². The summed E-state index contributed by atoms with van der Waals surface area (Å²) in [5.41, 5.74) is 0.243. The van der Waals surface area contributed by atoms with Gasteiger partial charge in [0.2, 0.25) is 0 Å². The first kappa shape index (κ1) is 17.9. The fourth-order valence-corrected chi connectivity index (χ4v) is 2.50. The Morgan fingerprint density at radius 3 is 2.87 bits per heavy atom. The predicted molar refractivity (Wildman–Crippen MR) is 100 cm³/mol. The number of aromatic nitrogens is 3. The molecule has 23 heavy (non-hydrogen) atoms. The van der Waals surface area contributed by atoms with Gasteiger partial charge in [-0.1, -0.05) is 6.07 Å². The molecule has 2 aromatic rings. The van der Waals surface area contributed by atoms with Crippen LogP contribution in [0, 0.1) is 0 Å². The third kappa shape index (κ3) is 4.31. The number of aliphatic hydroxyl groups is 1. The highest BCUT2D eigenvalue weighted by molar-refractivity contribution is 14.0. The molecule has 1 aliphatic rings. The lowest BCUT2D eigenvalue weighted by Crippen LogP contribution is -2.50. The van der Waals surface area contributed by atoms with Crippen molar-refractivity contribution in [2.75, 3.05) is 13.1 Å². The second-order valence-corrected chi connectivity index (χ2v) is 5.67. The zero-order chi connectivity index (χ0) is 15.4. The Bertz CT molecular complexity index is 667. The Morgan fingerprint density at radius 1 is 1.35 bits per heavy atom.